The van der Waals surface area contributed by atoms with Crippen molar-refractivity contribution < 1.29 is 9.15 Å². The average molecular weight is 223 g/mol. The molecule has 2 atom stereocenters. The van der Waals surface area contributed by atoms with Crippen molar-refractivity contribution >= 4 is 0 Å². The summed E-state index contributed by atoms with van der Waals surface area (Å²) in [5, 5.41) is 0. The topological polar surface area (TPSA) is 48.4 Å². The maximum absolute atomic E-state index is 5.93. The van der Waals surface area contributed by atoms with E-state index in [1.54, 1.807) is 6.26 Å². The molecule has 0 amide bonds. The molecule has 1 aliphatic carbocycles. The highest BCUT2D eigenvalue weighted by Gasteiger charge is 2.22. The first-order valence-corrected chi connectivity index (χ1v) is 6.18. The third-order valence-corrected chi connectivity index (χ3v) is 3.29. The van der Waals surface area contributed by atoms with E-state index in [0.29, 0.717) is 0 Å². The minimum absolute atomic E-state index is 0.0347. The molecule has 1 aliphatic rings. The zero-order chi connectivity index (χ0) is 11.4. The van der Waals surface area contributed by atoms with E-state index in [2.05, 4.69) is 0 Å². The molecule has 3 heteroatoms. The Hall–Kier alpha value is -0.800. The van der Waals surface area contributed by atoms with E-state index >= 15 is 0 Å². The van der Waals surface area contributed by atoms with Gasteiger partial charge in [0.1, 0.15) is 11.9 Å². The smallest absolute Gasteiger partial charge is 0.134 e. The fourth-order valence-electron chi connectivity index (χ4n) is 2.36. The molecule has 0 saturated heterocycles. The SMILES string of the molecule is CC(N)C(OCC1CCCC1)c1ccco1. The van der Waals surface area contributed by atoms with Gasteiger partial charge in [0.15, 0.2) is 0 Å². The van der Waals surface area contributed by atoms with Gasteiger partial charge in [0.2, 0.25) is 0 Å². The molecule has 0 spiro atoms. The van der Waals surface area contributed by atoms with Crippen molar-refractivity contribution in [3.63, 3.8) is 0 Å². The summed E-state index contributed by atoms with van der Waals surface area (Å²) in [6.45, 7) is 2.77. The fourth-order valence-corrected chi connectivity index (χ4v) is 2.36. The number of ether oxygens (including phenoxy) is 1. The van der Waals surface area contributed by atoms with Crippen LogP contribution in [0.25, 0.3) is 0 Å². The van der Waals surface area contributed by atoms with Crippen LogP contribution in [0.15, 0.2) is 22.8 Å². The first-order chi connectivity index (χ1) is 7.77. The van der Waals surface area contributed by atoms with Crippen LogP contribution in [0.4, 0.5) is 0 Å². The Morgan fingerprint density at radius 2 is 2.25 bits per heavy atom. The molecule has 0 bridgehead atoms. The molecule has 0 radical (unpaired) electrons. The largest absolute Gasteiger partial charge is 0.467 e. The van der Waals surface area contributed by atoms with Gasteiger partial charge in [0.05, 0.1) is 12.9 Å². The van der Waals surface area contributed by atoms with Crippen LogP contribution in [-0.2, 0) is 4.74 Å². The monoisotopic (exact) mass is 223 g/mol. The van der Waals surface area contributed by atoms with Gasteiger partial charge >= 0.3 is 0 Å². The lowest BCUT2D eigenvalue weighted by molar-refractivity contribution is 0.00426. The van der Waals surface area contributed by atoms with Crippen LogP contribution in [0.1, 0.15) is 44.5 Å². The highest BCUT2D eigenvalue weighted by atomic mass is 16.5. The van der Waals surface area contributed by atoms with E-state index in [4.69, 9.17) is 14.9 Å². The van der Waals surface area contributed by atoms with Crippen molar-refractivity contribution in [3.05, 3.63) is 24.2 Å². The lowest BCUT2D eigenvalue weighted by atomic mass is 10.1. The molecule has 1 saturated carbocycles. The third kappa shape index (κ3) is 2.86. The van der Waals surface area contributed by atoms with Crippen molar-refractivity contribution in [2.75, 3.05) is 6.61 Å². The van der Waals surface area contributed by atoms with Crippen LogP contribution in [-0.4, -0.2) is 12.6 Å². The molecule has 2 unspecified atom stereocenters. The van der Waals surface area contributed by atoms with Crippen molar-refractivity contribution in [2.45, 2.75) is 44.8 Å². The molecule has 1 aromatic heterocycles. The van der Waals surface area contributed by atoms with Crippen LogP contribution in [0.3, 0.4) is 0 Å². The van der Waals surface area contributed by atoms with Crippen LogP contribution in [0.2, 0.25) is 0 Å². The van der Waals surface area contributed by atoms with Gasteiger partial charge in [-0.15, -0.1) is 0 Å². The van der Waals surface area contributed by atoms with Gasteiger partial charge < -0.3 is 14.9 Å². The van der Waals surface area contributed by atoms with Crippen molar-refractivity contribution in [1.29, 1.82) is 0 Å². The Labute approximate surface area is 97.0 Å². The molecule has 0 aromatic carbocycles. The molecule has 2 rings (SSSR count). The van der Waals surface area contributed by atoms with Crippen molar-refractivity contribution in [3.8, 4) is 0 Å². The van der Waals surface area contributed by atoms with E-state index in [-0.39, 0.29) is 12.1 Å². The van der Waals surface area contributed by atoms with Gasteiger partial charge in [-0.1, -0.05) is 12.8 Å². The first-order valence-electron chi connectivity index (χ1n) is 6.18. The normalized spacial score (nSPS) is 21.1. The predicted molar refractivity (Wildman–Crippen MR) is 63.0 cm³/mol. The molecule has 3 nitrogen and oxygen atoms in total. The van der Waals surface area contributed by atoms with Crippen LogP contribution >= 0.6 is 0 Å². The van der Waals surface area contributed by atoms with Gasteiger partial charge in [0.25, 0.3) is 0 Å². The maximum Gasteiger partial charge on any atom is 0.134 e. The summed E-state index contributed by atoms with van der Waals surface area (Å²) in [5.41, 5.74) is 5.93. The average Bonchev–Trinajstić information content (AvgIpc) is 2.88. The lowest BCUT2D eigenvalue weighted by Crippen LogP contribution is -2.28. The summed E-state index contributed by atoms with van der Waals surface area (Å²) in [6.07, 6.45) is 6.85. The Bertz CT molecular complexity index is 289. The van der Waals surface area contributed by atoms with E-state index < -0.39 is 0 Å². The fraction of sp³-hybridized carbons (Fsp3) is 0.692. The second kappa shape index (κ2) is 5.51. The summed E-state index contributed by atoms with van der Waals surface area (Å²) >= 11 is 0. The highest BCUT2D eigenvalue weighted by Crippen LogP contribution is 2.28. The van der Waals surface area contributed by atoms with E-state index in [9.17, 15) is 0 Å². The van der Waals surface area contributed by atoms with Gasteiger partial charge in [-0.3, -0.25) is 0 Å². The summed E-state index contributed by atoms with van der Waals surface area (Å²) < 4.78 is 11.3. The van der Waals surface area contributed by atoms with Gasteiger partial charge in [-0.2, -0.15) is 0 Å². The molecule has 1 heterocycles. The summed E-state index contributed by atoms with van der Waals surface area (Å²) in [7, 11) is 0. The number of nitrogens with two attached hydrogens (primary N) is 1. The molecule has 90 valence electrons. The molecule has 0 aliphatic heterocycles. The molecule has 2 N–H and O–H groups in total. The van der Waals surface area contributed by atoms with Crippen molar-refractivity contribution in [1.82, 2.24) is 0 Å². The van der Waals surface area contributed by atoms with Gasteiger partial charge in [0, 0.05) is 6.04 Å². The second-order valence-electron chi connectivity index (χ2n) is 4.78. The Balaban J connectivity index is 1.88. The van der Waals surface area contributed by atoms with Gasteiger partial charge in [-0.05, 0) is 37.8 Å². The Morgan fingerprint density at radius 3 is 2.81 bits per heavy atom. The second-order valence-corrected chi connectivity index (χ2v) is 4.78. The van der Waals surface area contributed by atoms with E-state index in [1.165, 1.54) is 25.7 Å². The van der Waals surface area contributed by atoms with Crippen LogP contribution < -0.4 is 5.73 Å². The molecule has 1 fully saturated rings. The van der Waals surface area contributed by atoms with E-state index in [1.807, 2.05) is 19.1 Å². The summed E-state index contributed by atoms with van der Waals surface area (Å²) in [5.74, 6) is 1.56. The number of furan rings is 1. The maximum atomic E-state index is 5.93. The zero-order valence-corrected chi connectivity index (χ0v) is 9.89. The first kappa shape index (κ1) is 11.7. The minimum atomic E-state index is -0.101. The number of hydrogen-bond donors (Lipinski definition) is 1. The lowest BCUT2D eigenvalue weighted by Gasteiger charge is -2.21. The molecule has 16 heavy (non-hydrogen) atoms. The third-order valence-electron chi connectivity index (χ3n) is 3.29. The molecular formula is C13H21NO2. The quantitative estimate of drug-likeness (QED) is 0.835. The highest BCUT2D eigenvalue weighted by molar-refractivity contribution is 5.04. The molecular weight excluding hydrogens is 202 g/mol. The number of hydrogen-bond acceptors (Lipinski definition) is 3. The van der Waals surface area contributed by atoms with Gasteiger partial charge in [-0.25, -0.2) is 0 Å². The molecule has 1 aromatic rings. The van der Waals surface area contributed by atoms with E-state index in [0.717, 1.165) is 18.3 Å². The number of rotatable bonds is 5. The Morgan fingerprint density at radius 1 is 1.50 bits per heavy atom. The Kier molecular flexibility index (Phi) is 4.02. The minimum Gasteiger partial charge on any atom is -0.467 e. The van der Waals surface area contributed by atoms with Crippen LogP contribution in [0, 0.1) is 5.92 Å². The zero-order valence-electron chi connectivity index (χ0n) is 9.89. The standard InChI is InChI=1S/C13H21NO2/c1-10(14)13(12-7-4-8-15-12)16-9-11-5-2-3-6-11/h4,7-8,10-11,13H,2-3,5-6,9,14H2,1H3. The summed E-state index contributed by atoms with van der Waals surface area (Å²) in [4.78, 5) is 0. The predicted octanol–water partition coefficient (Wildman–Crippen LogP) is 2.87. The van der Waals surface area contributed by atoms with Crippen molar-refractivity contribution in [2.24, 2.45) is 11.7 Å². The van der Waals surface area contributed by atoms with Crippen LogP contribution in [0.5, 0.6) is 0 Å². The summed E-state index contributed by atoms with van der Waals surface area (Å²) in [6, 6.07) is 3.78.